The lowest BCUT2D eigenvalue weighted by Gasteiger charge is -2.24. The summed E-state index contributed by atoms with van der Waals surface area (Å²) in [7, 11) is 0. The van der Waals surface area contributed by atoms with Crippen LogP contribution in [0.3, 0.4) is 0 Å². The Labute approximate surface area is 108 Å². The Morgan fingerprint density at radius 2 is 1.83 bits per heavy atom. The van der Waals surface area contributed by atoms with E-state index in [0.29, 0.717) is 6.42 Å². The first-order valence-corrected chi connectivity index (χ1v) is 6.12. The third kappa shape index (κ3) is 8.27. The van der Waals surface area contributed by atoms with Crippen molar-refractivity contribution in [3.05, 3.63) is 0 Å². The Kier molecular flexibility index (Phi) is 7.20. The lowest BCUT2D eigenvalue weighted by atomic mass is 10.1. The molecule has 0 aliphatic carbocycles. The first-order chi connectivity index (χ1) is 8.15. The number of rotatable bonds is 6. The molecule has 0 aliphatic rings. The molecule has 0 radical (unpaired) electrons. The van der Waals surface area contributed by atoms with Crippen molar-refractivity contribution in [2.24, 2.45) is 0 Å². The highest BCUT2D eigenvalue weighted by Crippen LogP contribution is 2.09. The van der Waals surface area contributed by atoms with Crippen LogP contribution in [0.4, 0.5) is 4.79 Å². The minimum absolute atomic E-state index is 0.276. The van der Waals surface area contributed by atoms with Crippen molar-refractivity contribution in [2.45, 2.75) is 64.4 Å². The van der Waals surface area contributed by atoms with Crippen LogP contribution >= 0.6 is 0 Å². The summed E-state index contributed by atoms with van der Waals surface area (Å²) in [4.78, 5) is 11.4. The van der Waals surface area contributed by atoms with Gasteiger partial charge in [0.05, 0.1) is 24.9 Å². The number of amides is 1. The zero-order valence-electron chi connectivity index (χ0n) is 11.5. The fourth-order valence-corrected chi connectivity index (χ4v) is 1.29. The van der Waals surface area contributed by atoms with E-state index in [1.165, 1.54) is 0 Å². The minimum atomic E-state index is -0.839. The molecule has 0 rings (SSSR count). The molecule has 0 fully saturated rings. The molecule has 0 saturated heterocycles. The third-order valence-corrected chi connectivity index (χ3v) is 2.33. The van der Waals surface area contributed by atoms with Gasteiger partial charge in [-0.15, -0.1) is 0 Å². The first kappa shape index (κ1) is 17.2. The maximum absolute atomic E-state index is 11.4. The number of hydrogen-bond acceptors (Lipinski definition) is 5. The number of aliphatic hydroxyl groups excluding tert-OH is 3. The molecule has 18 heavy (non-hydrogen) atoms. The van der Waals surface area contributed by atoms with Gasteiger partial charge in [0.15, 0.2) is 0 Å². The van der Waals surface area contributed by atoms with Crippen molar-refractivity contribution in [2.75, 3.05) is 6.61 Å². The van der Waals surface area contributed by atoms with Crippen molar-refractivity contribution < 1.29 is 24.9 Å². The van der Waals surface area contributed by atoms with Gasteiger partial charge in [-0.05, 0) is 40.5 Å². The second-order valence-electron chi connectivity index (χ2n) is 5.42. The van der Waals surface area contributed by atoms with Crippen LogP contribution < -0.4 is 5.32 Å². The van der Waals surface area contributed by atoms with E-state index in [-0.39, 0.29) is 13.0 Å². The highest BCUT2D eigenvalue weighted by atomic mass is 16.6. The van der Waals surface area contributed by atoms with Crippen LogP contribution in [0.1, 0.15) is 40.5 Å². The van der Waals surface area contributed by atoms with Crippen LogP contribution in [0.25, 0.3) is 0 Å². The van der Waals surface area contributed by atoms with Crippen molar-refractivity contribution in [3.8, 4) is 0 Å². The fraction of sp³-hybridized carbons (Fsp3) is 0.917. The number of alkyl carbamates (subject to hydrolysis) is 1. The molecule has 0 aromatic rings. The van der Waals surface area contributed by atoms with Gasteiger partial charge < -0.3 is 25.4 Å². The summed E-state index contributed by atoms with van der Waals surface area (Å²) >= 11 is 0. The number of hydrogen-bond donors (Lipinski definition) is 4. The van der Waals surface area contributed by atoms with Gasteiger partial charge in [-0.2, -0.15) is 0 Å². The zero-order chi connectivity index (χ0) is 14.3. The lowest BCUT2D eigenvalue weighted by Crippen LogP contribution is -2.43. The number of ether oxygens (including phenoxy) is 1. The van der Waals surface area contributed by atoms with Gasteiger partial charge >= 0.3 is 6.09 Å². The fourth-order valence-electron chi connectivity index (χ4n) is 1.29. The third-order valence-electron chi connectivity index (χ3n) is 2.33. The highest BCUT2D eigenvalue weighted by molar-refractivity contribution is 5.68. The summed E-state index contributed by atoms with van der Waals surface area (Å²) in [5.41, 5.74) is -0.582. The van der Waals surface area contributed by atoms with E-state index >= 15 is 0 Å². The van der Waals surface area contributed by atoms with Crippen LogP contribution in [0, 0.1) is 0 Å². The van der Waals surface area contributed by atoms with Gasteiger partial charge in [0.1, 0.15) is 5.60 Å². The molecule has 0 bridgehead atoms. The van der Waals surface area contributed by atoms with Gasteiger partial charge in [-0.25, -0.2) is 4.79 Å². The highest BCUT2D eigenvalue weighted by Gasteiger charge is 2.21. The summed E-state index contributed by atoms with van der Waals surface area (Å²) in [5, 5.41) is 30.1. The van der Waals surface area contributed by atoms with E-state index in [4.69, 9.17) is 14.9 Å². The molecule has 3 atom stereocenters. The molecular formula is C12H25NO5. The molecule has 0 saturated carbocycles. The van der Waals surface area contributed by atoms with Crippen LogP contribution in [0.15, 0.2) is 0 Å². The van der Waals surface area contributed by atoms with Crippen molar-refractivity contribution in [3.63, 3.8) is 0 Å². The summed E-state index contributed by atoms with van der Waals surface area (Å²) in [6.07, 6.45) is -1.65. The topological polar surface area (TPSA) is 99.0 Å². The first-order valence-electron chi connectivity index (χ1n) is 6.12. The van der Waals surface area contributed by atoms with Crippen LogP contribution in [-0.2, 0) is 4.74 Å². The average Bonchev–Trinajstić information content (AvgIpc) is 2.22. The molecule has 1 amide bonds. The predicted octanol–water partition coefficient (Wildman–Crippen LogP) is 0.394. The summed E-state index contributed by atoms with van der Waals surface area (Å²) in [6.45, 7) is 6.59. The maximum atomic E-state index is 11.4. The molecule has 0 spiro atoms. The smallest absolute Gasteiger partial charge is 0.407 e. The standard InChI is InChI=1S/C12H25NO5/c1-8(10(16)6-5-9(15)7-14)13-11(17)18-12(2,3)4/h8-10,14-16H,5-7H2,1-4H3,(H,13,17)/t8-,9-,10-/m0/s1. The van der Waals surface area contributed by atoms with Gasteiger partial charge in [0, 0.05) is 0 Å². The van der Waals surface area contributed by atoms with Crippen LogP contribution in [0.5, 0.6) is 0 Å². The number of aliphatic hydroxyl groups is 3. The molecule has 0 aromatic heterocycles. The average molecular weight is 263 g/mol. The maximum Gasteiger partial charge on any atom is 0.407 e. The Bertz CT molecular complexity index is 251. The molecule has 6 nitrogen and oxygen atoms in total. The summed E-state index contributed by atoms with van der Waals surface area (Å²) in [5.74, 6) is 0. The molecule has 6 heteroatoms. The largest absolute Gasteiger partial charge is 0.444 e. The second-order valence-corrected chi connectivity index (χ2v) is 5.42. The van der Waals surface area contributed by atoms with E-state index in [9.17, 15) is 9.90 Å². The minimum Gasteiger partial charge on any atom is -0.444 e. The quantitative estimate of drug-likeness (QED) is 0.556. The van der Waals surface area contributed by atoms with Crippen molar-refractivity contribution in [1.29, 1.82) is 0 Å². The lowest BCUT2D eigenvalue weighted by molar-refractivity contribution is 0.0376. The molecule has 0 aliphatic heterocycles. The molecule has 0 unspecified atom stereocenters. The van der Waals surface area contributed by atoms with Gasteiger partial charge in [-0.1, -0.05) is 0 Å². The molecule has 0 heterocycles. The SMILES string of the molecule is C[C@H](NC(=O)OC(C)(C)C)[C@@H](O)CC[C@H](O)CO. The van der Waals surface area contributed by atoms with E-state index in [0.717, 1.165) is 0 Å². The monoisotopic (exact) mass is 263 g/mol. The Morgan fingerprint density at radius 3 is 2.28 bits per heavy atom. The summed E-state index contributed by atoms with van der Waals surface area (Å²) in [6, 6.07) is -0.481. The zero-order valence-corrected chi connectivity index (χ0v) is 11.5. The van der Waals surface area contributed by atoms with Gasteiger partial charge in [0.2, 0.25) is 0 Å². The second kappa shape index (κ2) is 7.56. The number of carbonyl (C=O) groups is 1. The van der Waals surface area contributed by atoms with E-state index in [1.807, 2.05) is 0 Å². The normalized spacial score (nSPS) is 16.8. The Balaban J connectivity index is 4.00. The Morgan fingerprint density at radius 1 is 1.28 bits per heavy atom. The Hall–Kier alpha value is -0.850. The number of nitrogens with one attached hydrogen (secondary N) is 1. The van der Waals surface area contributed by atoms with E-state index < -0.39 is 29.9 Å². The van der Waals surface area contributed by atoms with Gasteiger partial charge in [0.25, 0.3) is 0 Å². The summed E-state index contributed by atoms with van der Waals surface area (Å²) < 4.78 is 5.05. The van der Waals surface area contributed by atoms with Gasteiger partial charge in [-0.3, -0.25) is 0 Å². The molecule has 108 valence electrons. The molecular weight excluding hydrogens is 238 g/mol. The molecule has 0 aromatic carbocycles. The number of carbonyl (C=O) groups excluding carboxylic acids is 1. The molecule has 4 N–H and O–H groups in total. The van der Waals surface area contributed by atoms with E-state index in [1.54, 1.807) is 27.7 Å². The van der Waals surface area contributed by atoms with Crippen LogP contribution in [-0.4, -0.2) is 51.9 Å². The predicted molar refractivity (Wildman–Crippen MR) is 67.2 cm³/mol. The van der Waals surface area contributed by atoms with E-state index in [2.05, 4.69) is 5.32 Å². The van der Waals surface area contributed by atoms with Crippen molar-refractivity contribution in [1.82, 2.24) is 5.32 Å². The van der Waals surface area contributed by atoms with Crippen molar-refractivity contribution >= 4 is 6.09 Å². The van der Waals surface area contributed by atoms with Crippen LogP contribution in [0.2, 0.25) is 0 Å².